The number of carbonyl (C=O) groups is 2. The van der Waals surface area contributed by atoms with E-state index in [1.807, 2.05) is 74.5 Å². The fourth-order valence-electron chi connectivity index (χ4n) is 4.07. The number of rotatable bonds is 8. The molecule has 2 unspecified atom stereocenters. The lowest BCUT2D eigenvalue weighted by Gasteiger charge is -2.23. The zero-order valence-corrected chi connectivity index (χ0v) is 20.4. The minimum Gasteiger partial charge on any atom is -0.348 e. The van der Waals surface area contributed by atoms with Crippen molar-refractivity contribution < 1.29 is 18.0 Å². The van der Waals surface area contributed by atoms with E-state index < -0.39 is 35.1 Å². The number of anilines is 2. The highest BCUT2D eigenvalue weighted by atomic mass is 32.2. The molecule has 35 heavy (non-hydrogen) atoms. The van der Waals surface area contributed by atoms with Gasteiger partial charge in [0.15, 0.2) is 0 Å². The number of para-hydroxylation sites is 2. The van der Waals surface area contributed by atoms with E-state index >= 15 is 0 Å². The Kier molecular flexibility index (Phi) is 7.07. The predicted molar refractivity (Wildman–Crippen MR) is 136 cm³/mol. The minimum absolute atomic E-state index is 0.286. The maximum Gasteiger partial charge on any atom is 0.327 e. The van der Waals surface area contributed by atoms with E-state index in [1.54, 1.807) is 24.3 Å². The third-order valence-electron chi connectivity index (χ3n) is 5.90. The molecule has 3 aromatic rings. The highest BCUT2D eigenvalue weighted by molar-refractivity contribution is 7.94. The standard InChI is InChI=1S/C26H28N4O4S/c1-19(21-11-5-3-6-12-21)27-25(31)17-29-23-15-9-10-16-24(23)30(35(29,33)34)18-26(32)28-20(2)22-13-7-4-8-14-22/h3-16,19-20H,17-18H2,1-2H3,(H,27,31)(H,28,32). The van der Waals surface area contributed by atoms with Gasteiger partial charge in [0.05, 0.1) is 23.5 Å². The van der Waals surface area contributed by atoms with E-state index in [2.05, 4.69) is 10.6 Å². The van der Waals surface area contributed by atoms with E-state index in [1.165, 1.54) is 0 Å². The molecule has 1 aliphatic heterocycles. The molecule has 2 N–H and O–H groups in total. The van der Waals surface area contributed by atoms with Crippen molar-refractivity contribution in [1.29, 1.82) is 0 Å². The molecule has 8 nitrogen and oxygen atoms in total. The monoisotopic (exact) mass is 492 g/mol. The van der Waals surface area contributed by atoms with Gasteiger partial charge in [-0.2, -0.15) is 8.42 Å². The normalized spacial score (nSPS) is 15.7. The summed E-state index contributed by atoms with van der Waals surface area (Å²) < 4.78 is 28.9. The molecule has 0 aromatic heterocycles. The maximum absolute atomic E-state index is 13.4. The zero-order valence-electron chi connectivity index (χ0n) is 19.6. The van der Waals surface area contributed by atoms with Crippen molar-refractivity contribution in [3.8, 4) is 0 Å². The van der Waals surface area contributed by atoms with E-state index in [4.69, 9.17) is 0 Å². The highest BCUT2D eigenvalue weighted by Crippen LogP contribution is 2.40. The van der Waals surface area contributed by atoms with Gasteiger partial charge in [-0.25, -0.2) is 8.61 Å². The molecule has 9 heteroatoms. The highest BCUT2D eigenvalue weighted by Gasteiger charge is 2.42. The second-order valence-corrected chi connectivity index (χ2v) is 10.2. The number of hydrogen-bond donors (Lipinski definition) is 2. The van der Waals surface area contributed by atoms with Crippen molar-refractivity contribution in [3.63, 3.8) is 0 Å². The topological polar surface area (TPSA) is 98.8 Å². The van der Waals surface area contributed by atoms with Crippen LogP contribution in [0.15, 0.2) is 84.9 Å². The van der Waals surface area contributed by atoms with Gasteiger partial charge in [0.2, 0.25) is 11.8 Å². The molecule has 4 rings (SSSR count). The van der Waals surface area contributed by atoms with Crippen LogP contribution in [-0.4, -0.2) is 33.3 Å². The molecule has 0 spiro atoms. The molecule has 2 atom stereocenters. The fourth-order valence-corrected chi connectivity index (χ4v) is 5.68. The summed E-state index contributed by atoms with van der Waals surface area (Å²) in [4.78, 5) is 25.6. The van der Waals surface area contributed by atoms with E-state index in [0.29, 0.717) is 11.4 Å². The van der Waals surface area contributed by atoms with Gasteiger partial charge in [0.1, 0.15) is 13.1 Å². The van der Waals surface area contributed by atoms with Gasteiger partial charge in [0.25, 0.3) is 0 Å². The van der Waals surface area contributed by atoms with Crippen molar-refractivity contribution in [2.45, 2.75) is 25.9 Å². The van der Waals surface area contributed by atoms with Crippen LogP contribution in [0.4, 0.5) is 11.4 Å². The molecule has 1 heterocycles. The number of hydrogen-bond acceptors (Lipinski definition) is 4. The van der Waals surface area contributed by atoms with Crippen LogP contribution in [0, 0.1) is 0 Å². The van der Waals surface area contributed by atoms with E-state index in [-0.39, 0.29) is 12.1 Å². The Morgan fingerprint density at radius 3 is 1.37 bits per heavy atom. The summed E-state index contributed by atoms with van der Waals surface area (Å²) in [7, 11) is -4.13. The van der Waals surface area contributed by atoms with Crippen LogP contribution in [0.25, 0.3) is 0 Å². The van der Waals surface area contributed by atoms with Crippen molar-refractivity contribution in [2.24, 2.45) is 0 Å². The summed E-state index contributed by atoms with van der Waals surface area (Å²) in [5.41, 5.74) is 2.55. The first-order chi connectivity index (χ1) is 16.8. The predicted octanol–water partition coefficient (Wildman–Crippen LogP) is 3.31. The Bertz CT molecular complexity index is 1200. The summed E-state index contributed by atoms with van der Waals surface area (Å²) in [5.74, 6) is -0.882. The van der Waals surface area contributed by atoms with Crippen LogP contribution in [-0.2, 0) is 19.8 Å². The Morgan fingerprint density at radius 1 is 0.657 bits per heavy atom. The molecule has 0 saturated carbocycles. The summed E-state index contributed by atoms with van der Waals surface area (Å²) in [6, 6.07) is 24.9. The minimum atomic E-state index is -4.13. The maximum atomic E-state index is 13.4. The Morgan fingerprint density at radius 2 is 1.00 bits per heavy atom. The number of nitrogens with one attached hydrogen (secondary N) is 2. The fraction of sp³-hybridized carbons (Fsp3) is 0.231. The first-order valence-electron chi connectivity index (χ1n) is 11.4. The van der Waals surface area contributed by atoms with E-state index in [9.17, 15) is 18.0 Å². The smallest absolute Gasteiger partial charge is 0.327 e. The molecule has 0 fully saturated rings. The van der Waals surface area contributed by atoms with Crippen LogP contribution < -0.4 is 19.2 Å². The van der Waals surface area contributed by atoms with Gasteiger partial charge in [-0.05, 0) is 37.1 Å². The van der Waals surface area contributed by atoms with Crippen LogP contribution >= 0.6 is 0 Å². The molecule has 0 bridgehead atoms. The van der Waals surface area contributed by atoms with Gasteiger partial charge in [0, 0.05) is 0 Å². The Balaban J connectivity index is 1.48. The second kappa shape index (κ2) is 10.2. The van der Waals surface area contributed by atoms with Gasteiger partial charge >= 0.3 is 10.2 Å². The average molecular weight is 493 g/mol. The van der Waals surface area contributed by atoms with Gasteiger partial charge in [-0.3, -0.25) is 9.59 Å². The molecular formula is C26H28N4O4S. The van der Waals surface area contributed by atoms with Crippen LogP contribution in [0.3, 0.4) is 0 Å². The number of amides is 2. The molecule has 0 aliphatic carbocycles. The SMILES string of the molecule is CC(NC(=O)CN1c2ccccc2N(CC(=O)NC(C)c2ccccc2)S1(=O)=O)c1ccccc1. The van der Waals surface area contributed by atoms with E-state index in [0.717, 1.165) is 19.7 Å². The lowest BCUT2D eigenvalue weighted by atomic mass is 10.1. The third kappa shape index (κ3) is 5.30. The molecule has 0 radical (unpaired) electrons. The molecular weight excluding hydrogens is 464 g/mol. The van der Waals surface area contributed by atoms with Crippen LogP contribution in [0.5, 0.6) is 0 Å². The van der Waals surface area contributed by atoms with Gasteiger partial charge in [-0.1, -0.05) is 72.8 Å². The molecule has 1 aliphatic rings. The number of benzene rings is 3. The van der Waals surface area contributed by atoms with Crippen LogP contribution in [0.2, 0.25) is 0 Å². The Labute approximate surface area is 205 Å². The van der Waals surface area contributed by atoms with Crippen molar-refractivity contribution in [1.82, 2.24) is 10.6 Å². The molecule has 0 saturated heterocycles. The van der Waals surface area contributed by atoms with Crippen molar-refractivity contribution in [3.05, 3.63) is 96.1 Å². The van der Waals surface area contributed by atoms with Gasteiger partial charge < -0.3 is 10.6 Å². The molecule has 2 amide bonds. The van der Waals surface area contributed by atoms with Gasteiger partial charge in [-0.15, -0.1) is 0 Å². The van der Waals surface area contributed by atoms with Crippen molar-refractivity contribution in [2.75, 3.05) is 21.7 Å². The summed E-state index contributed by atoms with van der Waals surface area (Å²) in [5, 5.41) is 5.70. The van der Waals surface area contributed by atoms with Crippen LogP contribution in [0.1, 0.15) is 37.1 Å². The lowest BCUT2D eigenvalue weighted by molar-refractivity contribution is -0.121. The third-order valence-corrected chi connectivity index (χ3v) is 7.67. The molecule has 182 valence electrons. The quantitative estimate of drug-likeness (QED) is 0.504. The first kappa shape index (κ1) is 24.3. The summed E-state index contributed by atoms with van der Waals surface area (Å²) in [6.45, 7) is 2.89. The summed E-state index contributed by atoms with van der Waals surface area (Å²) in [6.07, 6.45) is 0. The molecule has 3 aromatic carbocycles. The lowest BCUT2D eigenvalue weighted by Crippen LogP contribution is -2.47. The average Bonchev–Trinajstić information content (AvgIpc) is 3.06. The number of carbonyl (C=O) groups excluding carboxylic acids is 2. The number of nitrogens with zero attached hydrogens (tertiary/aromatic N) is 2. The largest absolute Gasteiger partial charge is 0.348 e. The first-order valence-corrected chi connectivity index (χ1v) is 12.7. The van der Waals surface area contributed by atoms with Crippen molar-refractivity contribution >= 4 is 33.4 Å². The summed E-state index contributed by atoms with van der Waals surface area (Å²) >= 11 is 0. The Hall–Kier alpha value is -3.85. The zero-order chi connectivity index (χ0) is 25.0. The number of fused-ring (bicyclic) bond motifs is 1. The second-order valence-electron chi connectivity index (χ2n) is 8.41.